The van der Waals surface area contributed by atoms with Gasteiger partial charge in [-0.3, -0.25) is 9.78 Å². The highest BCUT2D eigenvalue weighted by Crippen LogP contribution is 2.32. The molecule has 1 amide bonds. The molecule has 150 valence electrons. The summed E-state index contributed by atoms with van der Waals surface area (Å²) in [6, 6.07) is 6.50. The van der Waals surface area contributed by atoms with Crippen molar-refractivity contribution in [3.63, 3.8) is 0 Å². The summed E-state index contributed by atoms with van der Waals surface area (Å²) in [7, 11) is 0. The van der Waals surface area contributed by atoms with E-state index in [0.717, 1.165) is 11.3 Å². The number of aliphatic hydroxyl groups excluding tert-OH is 1. The maximum absolute atomic E-state index is 12.4. The zero-order chi connectivity index (χ0) is 20.1. The molecule has 29 heavy (non-hydrogen) atoms. The molecular weight excluding hydrogens is 376 g/mol. The van der Waals surface area contributed by atoms with E-state index in [2.05, 4.69) is 25.6 Å². The van der Waals surface area contributed by atoms with E-state index in [1.54, 1.807) is 35.6 Å². The molecule has 1 aliphatic rings. The first kappa shape index (κ1) is 18.7. The topological polar surface area (TPSA) is 125 Å². The van der Waals surface area contributed by atoms with Gasteiger partial charge in [0, 0.05) is 12.6 Å². The number of hydrogen-bond donors (Lipinski definition) is 4. The van der Waals surface area contributed by atoms with Crippen molar-refractivity contribution in [2.45, 2.75) is 12.5 Å². The molecule has 1 atom stereocenters. The van der Waals surface area contributed by atoms with Crippen LogP contribution in [0, 0.1) is 0 Å². The van der Waals surface area contributed by atoms with E-state index in [1.807, 2.05) is 18.2 Å². The number of ether oxygens (including phenoxy) is 2. The lowest BCUT2D eigenvalue weighted by Gasteiger charge is -2.15. The van der Waals surface area contributed by atoms with Crippen molar-refractivity contribution in [2.24, 2.45) is 0 Å². The third-order valence-corrected chi connectivity index (χ3v) is 4.39. The van der Waals surface area contributed by atoms with E-state index >= 15 is 0 Å². The number of fused-ring (bicyclic) bond motifs is 1. The van der Waals surface area contributed by atoms with Gasteiger partial charge in [-0.05, 0) is 24.1 Å². The van der Waals surface area contributed by atoms with Crippen molar-refractivity contribution in [3.05, 3.63) is 54.7 Å². The minimum Gasteiger partial charge on any atom is -0.454 e. The minimum atomic E-state index is -0.828. The summed E-state index contributed by atoms with van der Waals surface area (Å²) in [4.78, 5) is 23.9. The molecule has 0 saturated carbocycles. The third kappa shape index (κ3) is 4.43. The predicted octanol–water partition coefficient (Wildman–Crippen LogP) is -0.0582. The lowest BCUT2D eigenvalue weighted by molar-refractivity contribution is -0.602. The van der Waals surface area contributed by atoms with Crippen molar-refractivity contribution in [3.8, 4) is 17.4 Å². The van der Waals surface area contributed by atoms with Crippen molar-refractivity contribution < 1.29 is 23.9 Å². The van der Waals surface area contributed by atoms with Crippen molar-refractivity contribution in [1.29, 1.82) is 0 Å². The Balaban J connectivity index is 1.32. The number of nitrogens with zero attached hydrogens (tertiary/aromatic N) is 3. The SMILES string of the molecule is O=C(NCCc1ccc2c(c1)OCO2)C(CO)Nc1ccnc(-[n+]2cc[nH]c2)n1. The maximum Gasteiger partial charge on any atom is 0.390 e. The summed E-state index contributed by atoms with van der Waals surface area (Å²) in [5.74, 6) is 2.00. The van der Waals surface area contributed by atoms with Gasteiger partial charge in [0.05, 0.1) is 25.2 Å². The molecule has 0 aliphatic carbocycles. The number of imidazole rings is 1. The van der Waals surface area contributed by atoms with E-state index in [0.29, 0.717) is 30.5 Å². The Labute approximate surface area is 166 Å². The first-order chi connectivity index (χ1) is 14.2. The molecule has 0 spiro atoms. The van der Waals surface area contributed by atoms with Gasteiger partial charge in [0.25, 0.3) is 0 Å². The van der Waals surface area contributed by atoms with E-state index in [-0.39, 0.29) is 19.3 Å². The number of aromatic nitrogens is 4. The Hall–Kier alpha value is -3.66. The molecule has 2 aromatic heterocycles. The standard InChI is InChI=1S/C19H20N6O4/c26-10-14(23-17-4-6-22-19(24-17)25-8-7-20-11-25)18(27)21-5-3-13-1-2-15-16(9-13)29-12-28-15/h1-2,4,6-9,11,14,26H,3,5,10,12H2,(H2,21,22,23,24,27)/p+1. The molecule has 4 rings (SSSR count). The molecule has 0 radical (unpaired) electrons. The number of aliphatic hydroxyl groups is 1. The van der Waals surface area contributed by atoms with Crippen LogP contribution in [-0.2, 0) is 11.2 Å². The quantitative estimate of drug-likeness (QED) is 0.393. The number of H-pyrrole nitrogens is 1. The van der Waals surface area contributed by atoms with Gasteiger partial charge in [0.1, 0.15) is 6.04 Å². The molecule has 0 fully saturated rings. The Kier molecular flexibility index (Phi) is 5.52. The summed E-state index contributed by atoms with van der Waals surface area (Å²) in [6.07, 6.45) is 7.42. The fourth-order valence-electron chi connectivity index (χ4n) is 2.89. The van der Waals surface area contributed by atoms with Gasteiger partial charge in [0.15, 0.2) is 23.6 Å². The van der Waals surface area contributed by atoms with Gasteiger partial charge in [-0.1, -0.05) is 11.1 Å². The number of aromatic amines is 1. The molecule has 3 aromatic rings. The van der Waals surface area contributed by atoms with Crippen molar-refractivity contribution in [2.75, 3.05) is 25.3 Å². The number of rotatable bonds is 8. The number of anilines is 1. The van der Waals surface area contributed by atoms with Crippen LogP contribution in [0.1, 0.15) is 5.56 Å². The molecule has 4 N–H and O–H groups in total. The smallest absolute Gasteiger partial charge is 0.390 e. The van der Waals surface area contributed by atoms with Crippen LogP contribution < -0.4 is 24.7 Å². The average molecular weight is 397 g/mol. The van der Waals surface area contributed by atoms with Crippen LogP contribution in [0.3, 0.4) is 0 Å². The monoisotopic (exact) mass is 397 g/mol. The van der Waals surface area contributed by atoms with Gasteiger partial charge in [-0.15, -0.1) is 4.98 Å². The van der Waals surface area contributed by atoms with Crippen LogP contribution in [0.5, 0.6) is 11.5 Å². The van der Waals surface area contributed by atoms with E-state index in [1.165, 1.54) is 0 Å². The minimum absolute atomic E-state index is 0.229. The summed E-state index contributed by atoms with van der Waals surface area (Å²) in [5.41, 5.74) is 1.02. The van der Waals surface area contributed by atoms with Crippen LogP contribution in [0.25, 0.3) is 5.95 Å². The number of amides is 1. The van der Waals surface area contributed by atoms with Crippen LogP contribution in [0.2, 0.25) is 0 Å². The predicted molar refractivity (Wildman–Crippen MR) is 102 cm³/mol. The van der Waals surface area contributed by atoms with Gasteiger partial charge in [0.2, 0.25) is 12.7 Å². The van der Waals surface area contributed by atoms with E-state index < -0.39 is 6.04 Å². The van der Waals surface area contributed by atoms with E-state index in [4.69, 9.17) is 9.47 Å². The van der Waals surface area contributed by atoms with Crippen LogP contribution in [0.15, 0.2) is 49.2 Å². The maximum atomic E-state index is 12.4. The fourth-order valence-corrected chi connectivity index (χ4v) is 2.89. The summed E-state index contributed by atoms with van der Waals surface area (Å²) >= 11 is 0. The summed E-state index contributed by atoms with van der Waals surface area (Å²) < 4.78 is 12.3. The third-order valence-electron chi connectivity index (χ3n) is 4.39. The molecule has 0 saturated heterocycles. The second-order valence-corrected chi connectivity index (χ2v) is 6.37. The van der Waals surface area contributed by atoms with Gasteiger partial charge < -0.3 is 25.2 Å². The Morgan fingerprint density at radius 3 is 3.03 bits per heavy atom. The van der Waals surface area contributed by atoms with Crippen molar-refractivity contribution >= 4 is 11.7 Å². The average Bonchev–Trinajstić information content (AvgIpc) is 3.43. The highest BCUT2D eigenvalue weighted by Gasteiger charge is 2.20. The molecule has 0 bridgehead atoms. The van der Waals surface area contributed by atoms with Crippen LogP contribution >= 0.6 is 0 Å². The Morgan fingerprint density at radius 2 is 2.21 bits per heavy atom. The molecule has 10 heteroatoms. The first-order valence-corrected chi connectivity index (χ1v) is 9.14. The van der Waals surface area contributed by atoms with Gasteiger partial charge in [-0.25, -0.2) is 0 Å². The molecular formula is C19H21N6O4+. The van der Waals surface area contributed by atoms with E-state index in [9.17, 15) is 9.90 Å². The van der Waals surface area contributed by atoms with Crippen LogP contribution in [0.4, 0.5) is 5.82 Å². The lowest BCUT2D eigenvalue weighted by Crippen LogP contribution is -2.43. The number of carbonyl (C=O) groups is 1. The number of hydrogen-bond acceptors (Lipinski definition) is 7. The molecule has 1 unspecified atom stereocenters. The second-order valence-electron chi connectivity index (χ2n) is 6.37. The molecule has 1 aliphatic heterocycles. The Morgan fingerprint density at radius 1 is 1.31 bits per heavy atom. The molecule has 10 nitrogen and oxygen atoms in total. The van der Waals surface area contributed by atoms with Gasteiger partial charge in [-0.2, -0.15) is 4.57 Å². The zero-order valence-electron chi connectivity index (χ0n) is 15.5. The van der Waals surface area contributed by atoms with Crippen molar-refractivity contribution in [1.82, 2.24) is 20.3 Å². The molecule has 3 heterocycles. The number of nitrogens with one attached hydrogen (secondary N) is 3. The van der Waals surface area contributed by atoms with Crippen LogP contribution in [-0.4, -0.2) is 52.0 Å². The lowest BCUT2D eigenvalue weighted by atomic mass is 10.1. The summed E-state index contributed by atoms with van der Waals surface area (Å²) in [6.45, 7) is 0.282. The Bertz CT molecular complexity index is 979. The highest BCUT2D eigenvalue weighted by atomic mass is 16.7. The summed E-state index contributed by atoms with van der Waals surface area (Å²) in [5, 5.41) is 15.4. The highest BCUT2D eigenvalue weighted by molar-refractivity contribution is 5.84. The second kappa shape index (κ2) is 8.57. The largest absolute Gasteiger partial charge is 0.454 e. The fraction of sp³-hybridized carbons (Fsp3) is 0.263. The normalized spacial score (nSPS) is 13.1. The number of carbonyl (C=O) groups excluding carboxylic acids is 1. The van der Waals surface area contributed by atoms with Gasteiger partial charge >= 0.3 is 5.95 Å². The zero-order valence-corrected chi connectivity index (χ0v) is 15.5. The number of benzene rings is 1. The molecule has 1 aromatic carbocycles. The first-order valence-electron chi connectivity index (χ1n) is 9.14.